The van der Waals surface area contributed by atoms with Crippen molar-refractivity contribution in [3.63, 3.8) is 0 Å². The maximum atomic E-state index is 12.6. The van der Waals surface area contributed by atoms with Crippen molar-refractivity contribution in [2.24, 2.45) is 0 Å². The van der Waals surface area contributed by atoms with Crippen LogP contribution in [0.5, 0.6) is 23.1 Å². The number of carbonyl (C=O) groups is 1. The molecule has 0 aliphatic carbocycles. The van der Waals surface area contributed by atoms with E-state index in [1.807, 2.05) is 49.4 Å². The molecular formula is C27H25N3O4. The third-order valence-corrected chi connectivity index (χ3v) is 5.17. The molecular weight excluding hydrogens is 430 g/mol. The zero-order valence-electron chi connectivity index (χ0n) is 19.2. The summed E-state index contributed by atoms with van der Waals surface area (Å²) >= 11 is 0. The summed E-state index contributed by atoms with van der Waals surface area (Å²) in [4.78, 5) is 21.5. The van der Waals surface area contributed by atoms with Gasteiger partial charge >= 0.3 is 0 Å². The third kappa shape index (κ3) is 5.50. The van der Waals surface area contributed by atoms with Gasteiger partial charge in [-0.2, -0.15) is 4.98 Å². The van der Waals surface area contributed by atoms with E-state index in [0.717, 1.165) is 16.7 Å². The van der Waals surface area contributed by atoms with Crippen molar-refractivity contribution in [3.8, 4) is 34.5 Å². The van der Waals surface area contributed by atoms with Gasteiger partial charge in [-0.3, -0.25) is 4.79 Å². The molecule has 172 valence electrons. The molecule has 0 bridgehead atoms. The van der Waals surface area contributed by atoms with E-state index in [4.69, 9.17) is 14.2 Å². The van der Waals surface area contributed by atoms with Gasteiger partial charge in [-0.25, -0.2) is 4.98 Å². The van der Waals surface area contributed by atoms with E-state index in [1.54, 1.807) is 50.7 Å². The fourth-order valence-electron chi connectivity index (χ4n) is 3.41. The Kier molecular flexibility index (Phi) is 7.03. The lowest BCUT2D eigenvalue weighted by atomic mass is 10.1. The number of nitrogens with one attached hydrogen (secondary N) is 1. The van der Waals surface area contributed by atoms with Crippen molar-refractivity contribution in [1.82, 2.24) is 15.3 Å². The Bertz CT molecular complexity index is 1290. The molecule has 1 N–H and O–H groups in total. The van der Waals surface area contributed by atoms with Crippen LogP contribution in [0.1, 0.15) is 21.5 Å². The van der Waals surface area contributed by atoms with Crippen LogP contribution in [0, 0.1) is 6.92 Å². The second kappa shape index (κ2) is 10.5. The van der Waals surface area contributed by atoms with Gasteiger partial charge in [-0.1, -0.05) is 23.8 Å². The summed E-state index contributed by atoms with van der Waals surface area (Å²) in [5.74, 6) is 2.75. The SMILES string of the molecule is COc1ccc(OC)c(CNC(=O)c2ccc(Oc3ccnc(-c4cccc(C)c4)n3)cc2)c1. The largest absolute Gasteiger partial charge is 0.497 e. The first kappa shape index (κ1) is 22.8. The Morgan fingerprint density at radius 1 is 0.912 bits per heavy atom. The number of aromatic nitrogens is 2. The van der Waals surface area contributed by atoms with E-state index < -0.39 is 0 Å². The maximum absolute atomic E-state index is 12.6. The number of nitrogens with zero attached hydrogens (tertiary/aromatic N) is 2. The Balaban J connectivity index is 1.41. The summed E-state index contributed by atoms with van der Waals surface area (Å²) in [6.07, 6.45) is 1.66. The van der Waals surface area contributed by atoms with E-state index in [-0.39, 0.29) is 5.91 Å². The summed E-state index contributed by atoms with van der Waals surface area (Å²) in [5.41, 5.74) is 3.39. The average Bonchev–Trinajstić information content (AvgIpc) is 2.87. The van der Waals surface area contributed by atoms with Gasteiger partial charge in [-0.15, -0.1) is 0 Å². The van der Waals surface area contributed by atoms with E-state index in [9.17, 15) is 4.79 Å². The van der Waals surface area contributed by atoms with Crippen molar-refractivity contribution in [3.05, 3.63) is 95.7 Å². The van der Waals surface area contributed by atoms with Crippen LogP contribution in [0.4, 0.5) is 0 Å². The van der Waals surface area contributed by atoms with Crippen LogP contribution in [0.2, 0.25) is 0 Å². The monoisotopic (exact) mass is 455 g/mol. The summed E-state index contributed by atoms with van der Waals surface area (Å²) in [7, 11) is 3.19. The maximum Gasteiger partial charge on any atom is 0.251 e. The molecule has 0 atom stereocenters. The molecule has 0 radical (unpaired) electrons. The molecule has 0 saturated carbocycles. The van der Waals surface area contributed by atoms with Crippen molar-refractivity contribution in [2.75, 3.05) is 14.2 Å². The summed E-state index contributed by atoms with van der Waals surface area (Å²) in [5, 5.41) is 2.90. The highest BCUT2D eigenvalue weighted by Gasteiger charge is 2.10. The second-order valence-electron chi connectivity index (χ2n) is 7.57. The minimum atomic E-state index is -0.208. The molecule has 0 spiro atoms. The summed E-state index contributed by atoms with van der Waals surface area (Å²) in [6, 6.07) is 22.0. The van der Waals surface area contributed by atoms with Crippen molar-refractivity contribution >= 4 is 5.91 Å². The molecule has 0 aliphatic heterocycles. The minimum absolute atomic E-state index is 0.208. The number of hydrogen-bond acceptors (Lipinski definition) is 6. The van der Waals surface area contributed by atoms with Gasteiger partial charge in [0.25, 0.3) is 5.91 Å². The molecule has 1 amide bonds. The lowest BCUT2D eigenvalue weighted by Gasteiger charge is -2.12. The van der Waals surface area contributed by atoms with Crippen LogP contribution >= 0.6 is 0 Å². The highest BCUT2D eigenvalue weighted by molar-refractivity contribution is 5.94. The summed E-state index contributed by atoms with van der Waals surface area (Å²) in [6.45, 7) is 2.33. The predicted molar refractivity (Wildman–Crippen MR) is 129 cm³/mol. The number of carbonyl (C=O) groups excluding carboxylic acids is 1. The molecule has 1 aromatic heterocycles. The van der Waals surface area contributed by atoms with Gasteiger partial charge in [0, 0.05) is 35.5 Å². The average molecular weight is 456 g/mol. The van der Waals surface area contributed by atoms with Gasteiger partial charge in [0.2, 0.25) is 5.88 Å². The fourth-order valence-corrected chi connectivity index (χ4v) is 3.41. The number of amides is 1. The second-order valence-corrected chi connectivity index (χ2v) is 7.57. The van der Waals surface area contributed by atoms with Crippen molar-refractivity contribution < 1.29 is 19.0 Å². The van der Waals surface area contributed by atoms with Gasteiger partial charge in [0.15, 0.2) is 5.82 Å². The molecule has 0 fully saturated rings. The van der Waals surface area contributed by atoms with Crippen LogP contribution in [-0.4, -0.2) is 30.1 Å². The van der Waals surface area contributed by atoms with Crippen molar-refractivity contribution in [1.29, 1.82) is 0 Å². The van der Waals surface area contributed by atoms with E-state index >= 15 is 0 Å². The van der Waals surface area contributed by atoms with Gasteiger partial charge in [0.1, 0.15) is 17.2 Å². The number of methoxy groups -OCH3 is 2. The van der Waals surface area contributed by atoms with Crippen LogP contribution in [0.3, 0.4) is 0 Å². The summed E-state index contributed by atoms with van der Waals surface area (Å²) < 4.78 is 16.5. The van der Waals surface area contributed by atoms with E-state index in [2.05, 4.69) is 15.3 Å². The molecule has 0 saturated heterocycles. The smallest absolute Gasteiger partial charge is 0.251 e. The predicted octanol–water partition coefficient (Wildman–Crippen LogP) is 5.19. The topological polar surface area (TPSA) is 82.6 Å². The third-order valence-electron chi connectivity index (χ3n) is 5.17. The fraction of sp³-hybridized carbons (Fsp3) is 0.148. The van der Waals surface area contributed by atoms with E-state index in [1.165, 1.54) is 0 Å². The standard InChI is InChI=1S/C27H25N3O4/c1-18-5-4-6-20(15-18)26-28-14-13-25(30-26)34-22-9-7-19(8-10-22)27(31)29-17-21-16-23(32-2)11-12-24(21)33-3/h4-16H,17H2,1-3H3,(H,29,31). The number of benzene rings is 3. The van der Waals surface area contributed by atoms with Crippen LogP contribution < -0.4 is 19.5 Å². The van der Waals surface area contributed by atoms with E-state index in [0.29, 0.717) is 41.1 Å². The molecule has 3 aromatic carbocycles. The highest BCUT2D eigenvalue weighted by Crippen LogP contribution is 2.25. The Morgan fingerprint density at radius 3 is 2.44 bits per heavy atom. The first-order chi connectivity index (χ1) is 16.6. The normalized spacial score (nSPS) is 10.4. The first-order valence-electron chi connectivity index (χ1n) is 10.7. The highest BCUT2D eigenvalue weighted by atomic mass is 16.5. The molecule has 0 unspecified atom stereocenters. The minimum Gasteiger partial charge on any atom is -0.497 e. The number of hydrogen-bond donors (Lipinski definition) is 1. The van der Waals surface area contributed by atoms with Crippen LogP contribution in [0.15, 0.2) is 79.0 Å². The molecule has 0 aliphatic rings. The number of ether oxygens (including phenoxy) is 3. The molecule has 7 nitrogen and oxygen atoms in total. The molecule has 4 aromatic rings. The zero-order valence-corrected chi connectivity index (χ0v) is 19.2. The lowest BCUT2D eigenvalue weighted by Crippen LogP contribution is -2.23. The lowest BCUT2D eigenvalue weighted by molar-refractivity contribution is 0.0950. The molecule has 34 heavy (non-hydrogen) atoms. The number of aryl methyl sites for hydroxylation is 1. The zero-order chi connectivity index (χ0) is 23.9. The Hall–Kier alpha value is -4.39. The van der Waals surface area contributed by atoms with Gasteiger partial charge in [0.05, 0.1) is 14.2 Å². The molecule has 4 rings (SSSR count). The number of rotatable bonds is 8. The van der Waals surface area contributed by atoms with Gasteiger partial charge < -0.3 is 19.5 Å². The van der Waals surface area contributed by atoms with Crippen LogP contribution in [0.25, 0.3) is 11.4 Å². The Labute approximate surface area is 198 Å². The quantitative estimate of drug-likeness (QED) is 0.394. The molecule has 7 heteroatoms. The van der Waals surface area contributed by atoms with Crippen molar-refractivity contribution in [2.45, 2.75) is 13.5 Å². The van der Waals surface area contributed by atoms with Crippen LogP contribution in [-0.2, 0) is 6.54 Å². The first-order valence-corrected chi connectivity index (χ1v) is 10.7. The Morgan fingerprint density at radius 2 is 1.71 bits per heavy atom. The molecule has 1 heterocycles. The van der Waals surface area contributed by atoms with Gasteiger partial charge in [-0.05, 0) is 55.5 Å².